The summed E-state index contributed by atoms with van der Waals surface area (Å²) >= 11 is 0. The van der Waals surface area contributed by atoms with Crippen LogP contribution in [-0.4, -0.2) is 49.3 Å². The van der Waals surface area contributed by atoms with Gasteiger partial charge < -0.3 is 24.8 Å². The highest BCUT2D eigenvalue weighted by atomic mass is 16.6. The van der Waals surface area contributed by atoms with Crippen molar-refractivity contribution < 1.29 is 24.2 Å². The Labute approximate surface area is 169 Å². The van der Waals surface area contributed by atoms with Crippen LogP contribution in [0.4, 0.5) is 5.69 Å². The number of benzene rings is 2. The zero-order valence-corrected chi connectivity index (χ0v) is 16.0. The number of fused-ring (bicyclic) bond motifs is 1. The number of hydrogen-bond donors (Lipinski definition) is 2. The average Bonchev–Trinajstić information content (AvgIpc) is 3.15. The average molecular weight is 396 g/mol. The molecule has 7 heteroatoms. The maximum atomic E-state index is 12.7. The van der Waals surface area contributed by atoms with Crippen LogP contribution < -0.4 is 19.7 Å². The number of aliphatic hydroxyl groups excluding tert-OH is 1. The van der Waals surface area contributed by atoms with Gasteiger partial charge in [0.15, 0.2) is 11.5 Å². The second-order valence-corrected chi connectivity index (χ2v) is 7.31. The van der Waals surface area contributed by atoms with Crippen LogP contribution in [0.1, 0.15) is 12.0 Å². The molecule has 4 rings (SSSR count). The number of carbonyl (C=O) groups is 2. The Bertz CT molecular complexity index is 886. The lowest BCUT2D eigenvalue weighted by molar-refractivity contribution is -0.127. The van der Waals surface area contributed by atoms with Crippen molar-refractivity contribution in [3.05, 3.63) is 54.1 Å². The molecule has 0 saturated carbocycles. The molecule has 2 amide bonds. The van der Waals surface area contributed by atoms with E-state index in [-0.39, 0.29) is 30.9 Å². The van der Waals surface area contributed by atoms with Gasteiger partial charge in [-0.3, -0.25) is 9.59 Å². The molecule has 0 aliphatic carbocycles. The van der Waals surface area contributed by atoms with Crippen LogP contribution in [-0.2, 0) is 16.0 Å². The van der Waals surface area contributed by atoms with Gasteiger partial charge in [0.2, 0.25) is 11.8 Å². The van der Waals surface area contributed by atoms with E-state index in [9.17, 15) is 14.7 Å². The van der Waals surface area contributed by atoms with E-state index < -0.39 is 5.92 Å². The van der Waals surface area contributed by atoms with E-state index in [4.69, 9.17) is 9.47 Å². The number of carbonyl (C=O) groups excluding carboxylic acids is 2. The van der Waals surface area contributed by atoms with Gasteiger partial charge in [0, 0.05) is 24.7 Å². The fourth-order valence-corrected chi connectivity index (χ4v) is 3.71. The number of hydrogen-bond acceptors (Lipinski definition) is 5. The molecule has 7 nitrogen and oxygen atoms in total. The smallest absolute Gasteiger partial charge is 0.227 e. The molecular weight excluding hydrogens is 372 g/mol. The number of nitrogens with one attached hydrogen (secondary N) is 1. The summed E-state index contributed by atoms with van der Waals surface area (Å²) in [6.45, 7) is 1.12. The van der Waals surface area contributed by atoms with Crippen molar-refractivity contribution in [3.8, 4) is 11.5 Å². The Morgan fingerprint density at radius 2 is 1.90 bits per heavy atom. The maximum absolute atomic E-state index is 12.7. The zero-order valence-electron chi connectivity index (χ0n) is 16.0. The zero-order chi connectivity index (χ0) is 20.2. The predicted molar refractivity (Wildman–Crippen MR) is 107 cm³/mol. The van der Waals surface area contributed by atoms with E-state index in [1.165, 1.54) is 0 Å². The number of ether oxygens (including phenoxy) is 2. The Kier molecular flexibility index (Phi) is 5.67. The third-order valence-electron chi connectivity index (χ3n) is 5.22. The topological polar surface area (TPSA) is 88.1 Å². The van der Waals surface area contributed by atoms with Crippen molar-refractivity contribution in [2.45, 2.75) is 18.9 Å². The molecule has 2 atom stereocenters. The molecule has 2 heterocycles. The lowest BCUT2D eigenvalue weighted by atomic mass is 10.0. The fraction of sp³-hybridized carbons (Fsp3) is 0.364. The summed E-state index contributed by atoms with van der Waals surface area (Å²) in [6.07, 6.45) is 0.680. The van der Waals surface area contributed by atoms with Crippen LogP contribution in [0.3, 0.4) is 0 Å². The van der Waals surface area contributed by atoms with Crippen LogP contribution in [0.5, 0.6) is 11.5 Å². The molecule has 0 aromatic heterocycles. The van der Waals surface area contributed by atoms with Gasteiger partial charge in [0.25, 0.3) is 0 Å². The van der Waals surface area contributed by atoms with Gasteiger partial charge in [0.05, 0.1) is 18.6 Å². The van der Waals surface area contributed by atoms with Gasteiger partial charge in [-0.2, -0.15) is 0 Å². The minimum Gasteiger partial charge on any atom is -0.486 e. The molecule has 2 aliphatic heterocycles. The maximum Gasteiger partial charge on any atom is 0.227 e. The first-order chi connectivity index (χ1) is 14.1. The van der Waals surface area contributed by atoms with Gasteiger partial charge in [-0.05, 0) is 24.1 Å². The molecule has 2 aromatic carbocycles. The molecule has 2 aromatic rings. The van der Waals surface area contributed by atoms with Crippen molar-refractivity contribution in [1.29, 1.82) is 0 Å². The first-order valence-corrected chi connectivity index (χ1v) is 9.79. The van der Waals surface area contributed by atoms with Crippen LogP contribution in [0.15, 0.2) is 48.5 Å². The highest BCUT2D eigenvalue weighted by Crippen LogP contribution is 2.36. The van der Waals surface area contributed by atoms with Crippen molar-refractivity contribution in [2.75, 3.05) is 31.3 Å². The molecule has 1 fully saturated rings. The standard InChI is InChI=1S/C22H24N2O5/c25-14-17(10-15-4-2-1-3-5-15)23-22(27)16-11-21(26)24(13-16)18-6-7-19-20(12-18)29-9-8-28-19/h1-7,12,16-17,25H,8-11,13-14H2,(H,23,27)/t16-,17-/m1/s1. The summed E-state index contributed by atoms with van der Waals surface area (Å²) in [5.74, 6) is 0.490. The summed E-state index contributed by atoms with van der Waals surface area (Å²) in [6, 6.07) is 14.7. The van der Waals surface area contributed by atoms with E-state index in [2.05, 4.69) is 5.32 Å². The molecule has 0 spiro atoms. The largest absolute Gasteiger partial charge is 0.486 e. The normalized spacial score (nSPS) is 19.1. The van der Waals surface area contributed by atoms with Gasteiger partial charge in [0.1, 0.15) is 13.2 Å². The third kappa shape index (κ3) is 4.35. The van der Waals surface area contributed by atoms with Crippen LogP contribution in [0, 0.1) is 5.92 Å². The van der Waals surface area contributed by atoms with Gasteiger partial charge in [-0.1, -0.05) is 30.3 Å². The lowest BCUT2D eigenvalue weighted by Gasteiger charge is -2.22. The second kappa shape index (κ2) is 8.53. The van der Waals surface area contributed by atoms with Gasteiger partial charge >= 0.3 is 0 Å². The fourth-order valence-electron chi connectivity index (χ4n) is 3.71. The molecule has 2 N–H and O–H groups in total. The predicted octanol–water partition coefficient (Wildman–Crippen LogP) is 1.53. The molecule has 2 aliphatic rings. The Morgan fingerprint density at radius 1 is 1.14 bits per heavy atom. The van der Waals surface area contributed by atoms with E-state index >= 15 is 0 Å². The summed E-state index contributed by atoms with van der Waals surface area (Å²) in [4.78, 5) is 26.8. The van der Waals surface area contributed by atoms with Crippen LogP contribution in [0.2, 0.25) is 0 Å². The lowest BCUT2D eigenvalue weighted by Crippen LogP contribution is -2.43. The van der Waals surface area contributed by atoms with Gasteiger partial charge in [-0.15, -0.1) is 0 Å². The quantitative estimate of drug-likeness (QED) is 0.773. The number of aliphatic hydroxyl groups is 1. The number of amides is 2. The number of rotatable bonds is 6. The highest BCUT2D eigenvalue weighted by molar-refractivity contribution is 6.00. The minimum atomic E-state index is -0.458. The van der Waals surface area contributed by atoms with E-state index in [0.29, 0.717) is 43.4 Å². The minimum absolute atomic E-state index is 0.106. The summed E-state index contributed by atoms with van der Waals surface area (Å²) in [5, 5.41) is 12.5. The molecule has 1 saturated heterocycles. The highest BCUT2D eigenvalue weighted by Gasteiger charge is 2.36. The summed E-state index contributed by atoms with van der Waals surface area (Å²) in [7, 11) is 0. The summed E-state index contributed by atoms with van der Waals surface area (Å²) < 4.78 is 11.1. The third-order valence-corrected chi connectivity index (χ3v) is 5.22. The Hall–Kier alpha value is -3.06. The Balaban J connectivity index is 1.40. The van der Waals surface area contributed by atoms with Crippen molar-refractivity contribution in [2.24, 2.45) is 5.92 Å². The monoisotopic (exact) mass is 396 g/mol. The second-order valence-electron chi connectivity index (χ2n) is 7.31. The molecule has 0 radical (unpaired) electrons. The van der Waals surface area contributed by atoms with Crippen molar-refractivity contribution >= 4 is 17.5 Å². The molecular formula is C22H24N2O5. The first-order valence-electron chi connectivity index (χ1n) is 9.79. The molecule has 0 bridgehead atoms. The van der Waals surface area contributed by atoms with E-state index in [1.54, 1.807) is 23.1 Å². The van der Waals surface area contributed by atoms with Crippen molar-refractivity contribution in [1.82, 2.24) is 5.32 Å². The molecule has 29 heavy (non-hydrogen) atoms. The summed E-state index contributed by atoms with van der Waals surface area (Å²) in [5.41, 5.74) is 1.73. The number of nitrogens with zero attached hydrogens (tertiary/aromatic N) is 1. The first kappa shape index (κ1) is 19.3. The van der Waals surface area contributed by atoms with E-state index in [0.717, 1.165) is 5.56 Å². The molecule has 152 valence electrons. The Morgan fingerprint density at radius 3 is 2.66 bits per heavy atom. The van der Waals surface area contributed by atoms with Crippen molar-refractivity contribution in [3.63, 3.8) is 0 Å². The van der Waals surface area contributed by atoms with Crippen LogP contribution in [0.25, 0.3) is 0 Å². The number of anilines is 1. The van der Waals surface area contributed by atoms with Crippen LogP contribution >= 0.6 is 0 Å². The van der Waals surface area contributed by atoms with Gasteiger partial charge in [-0.25, -0.2) is 0 Å². The SMILES string of the molecule is O=C(N[C@@H](CO)Cc1ccccc1)[C@@H]1CC(=O)N(c2ccc3c(c2)OCCO3)C1. The van der Waals surface area contributed by atoms with E-state index in [1.807, 2.05) is 30.3 Å². The molecule has 0 unspecified atom stereocenters.